The van der Waals surface area contributed by atoms with Crippen LogP contribution in [-0.4, -0.2) is 0 Å². The zero-order valence-electron chi connectivity index (χ0n) is 15.5. The molecule has 131 valence electrons. The highest BCUT2D eigenvalue weighted by Gasteiger charge is 2.33. The smallest absolute Gasteiger partial charge is 0.0348 e. The molecule has 3 aliphatic carbocycles. The quantitative estimate of drug-likeness (QED) is 0.465. The Morgan fingerprint density at radius 2 is 1.17 bits per heavy atom. The third-order valence-corrected chi connectivity index (χ3v) is 7.50. The predicted molar refractivity (Wildman–Crippen MR) is 101 cm³/mol. The summed E-state index contributed by atoms with van der Waals surface area (Å²) in [5.41, 5.74) is 0. The third kappa shape index (κ3) is 5.10. The van der Waals surface area contributed by atoms with Crippen LogP contribution in [0.3, 0.4) is 0 Å². The van der Waals surface area contributed by atoms with Crippen molar-refractivity contribution in [1.82, 2.24) is 0 Å². The van der Waals surface area contributed by atoms with Crippen molar-refractivity contribution < 1.29 is 0 Å². The second-order valence-corrected chi connectivity index (χ2v) is 8.81. The van der Waals surface area contributed by atoms with Gasteiger partial charge in [-0.3, -0.25) is 0 Å². The Kier molecular flexibility index (Phi) is 7.09. The first-order valence-corrected chi connectivity index (χ1v) is 10.8. The molecule has 0 heterocycles. The fourth-order valence-corrected chi connectivity index (χ4v) is 5.96. The summed E-state index contributed by atoms with van der Waals surface area (Å²) in [4.78, 5) is 0. The highest BCUT2D eigenvalue weighted by Crippen LogP contribution is 2.45. The standard InChI is InChI=1S/C23H39/c1-2-3-5-8-19-11-13-21(14-12-19)23-17-15-22(16-18-23)20-9-6-4-7-10-20/h2-4,19-23H,5-18H2,1H3/b3-2+. The van der Waals surface area contributed by atoms with E-state index < -0.39 is 0 Å². The summed E-state index contributed by atoms with van der Waals surface area (Å²) in [6.07, 6.45) is 28.1. The molecule has 0 saturated heterocycles. The lowest BCUT2D eigenvalue weighted by Crippen LogP contribution is -2.29. The van der Waals surface area contributed by atoms with E-state index >= 15 is 0 Å². The van der Waals surface area contributed by atoms with Gasteiger partial charge in [0, 0.05) is 0 Å². The summed E-state index contributed by atoms with van der Waals surface area (Å²) in [5.74, 6) is 5.41. The lowest BCUT2D eigenvalue weighted by Gasteiger charge is -2.40. The molecule has 0 aromatic heterocycles. The van der Waals surface area contributed by atoms with Gasteiger partial charge in [0.1, 0.15) is 0 Å². The Bertz CT molecular complexity index is 333. The second kappa shape index (κ2) is 9.28. The Balaban J connectivity index is 1.35. The summed E-state index contributed by atoms with van der Waals surface area (Å²) >= 11 is 0. The molecule has 0 N–H and O–H groups in total. The zero-order valence-corrected chi connectivity index (χ0v) is 15.5. The molecular weight excluding hydrogens is 276 g/mol. The molecule has 0 atom stereocenters. The summed E-state index contributed by atoms with van der Waals surface area (Å²) in [7, 11) is 0. The highest BCUT2D eigenvalue weighted by atomic mass is 14.4. The maximum atomic E-state index is 2.52. The molecule has 0 aromatic carbocycles. The van der Waals surface area contributed by atoms with E-state index in [1.54, 1.807) is 38.5 Å². The van der Waals surface area contributed by atoms with Crippen LogP contribution in [-0.2, 0) is 0 Å². The normalized spacial score (nSPS) is 37.3. The molecule has 0 bridgehead atoms. The SMILES string of the molecule is C/C=C/CCC1CCC(C2CCC(C3CC[CH]CC3)CC2)CC1. The van der Waals surface area contributed by atoms with Crippen molar-refractivity contribution in [2.75, 3.05) is 0 Å². The molecule has 0 nitrogen and oxygen atoms in total. The molecule has 0 unspecified atom stereocenters. The summed E-state index contributed by atoms with van der Waals surface area (Å²) in [6, 6.07) is 0. The number of hydrogen-bond acceptors (Lipinski definition) is 0. The van der Waals surface area contributed by atoms with Gasteiger partial charge >= 0.3 is 0 Å². The largest absolute Gasteiger partial charge is 0.0917 e. The van der Waals surface area contributed by atoms with Crippen LogP contribution in [0.25, 0.3) is 0 Å². The van der Waals surface area contributed by atoms with Gasteiger partial charge in [0.25, 0.3) is 0 Å². The van der Waals surface area contributed by atoms with E-state index in [-0.39, 0.29) is 0 Å². The van der Waals surface area contributed by atoms with Crippen LogP contribution < -0.4 is 0 Å². The molecule has 3 aliphatic rings. The second-order valence-electron chi connectivity index (χ2n) is 8.81. The van der Waals surface area contributed by atoms with Gasteiger partial charge < -0.3 is 0 Å². The monoisotopic (exact) mass is 315 g/mol. The number of hydrogen-bond donors (Lipinski definition) is 0. The average molecular weight is 316 g/mol. The van der Waals surface area contributed by atoms with Crippen LogP contribution in [0.5, 0.6) is 0 Å². The number of rotatable bonds is 5. The zero-order chi connectivity index (χ0) is 15.9. The predicted octanol–water partition coefficient (Wildman–Crippen LogP) is 7.35. The van der Waals surface area contributed by atoms with E-state index in [9.17, 15) is 0 Å². The molecule has 3 saturated carbocycles. The van der Waals surface area contributed by atoms with Crippen molar-refractivity contribution in [1.29, 1.82) is 0 Å². The van der Waals surface area contributed by atoms with Gasteiger partial charge in [-0.2, -0.15) is 0 Å². The summed E-state index contributed by atoms with van der Waals surface area (Å²) < 4.78 is 0. The Labute approximate surface area is 145 Å². The summed E-state index contributed by atoms with van der Waals surface area (Å²) in [5, 5.41) is 0. The molecule has 0 aliphatic heterocycles. The van der Waals surface area contributed by atoms with Crippen LogP contribution in [0.15, 0.2) is 12.2 Å². The minimum absolute atomic E-state index is 1.04. The van der Waals surface area contributed by atoms with Crippen molar-refractivity contribution in [2.24, 2.45) is 29.6 Å². The minimum Gasteiger partial charge on any atom is -0.0917 e. The lowest BCUT2D eigenvalue weighted by molar-refractivity contribution is 0.115. The Morgan fingerprint density at radius 1 is 0.696 bits per heavy atom. The summed E-state index contributed by atoms with van der Waals surface area (Å²) in [6.45, 7) is 2.15. The van der Waals surface area contributed by atoms with Crippen LogP contribution >= 0.6 is 0 Å². The van der Waals surface area contributed by atoms with Crippen molar-refractivity contribution in [3.8, 4) is 0 Å². The van der Waals surface area contributed by atoms with Crippen LogP contribution in [0.4, 0.5) is 0 Å². The van der Waals surface area contributed by atoms with Gasteiger partial charge in [-0.15, -0.1) is 0 Å². The van der Waals surface area contributed by atoms with E-state index in [0.29, 0.717) is 0 Å². The van der Waals surface area contributed by atoms with E-state index in [0.717, 1.165) is 29.6 Å². The van der Waals surface area contributed by atoms with Crippen molar-refractivity contribution in [2.45, 2.75) is 96.8 Å². The van der Waals surface area contributed by atoms with Crippen molar-refractivity contribution in [3.63, 3.8) is 0 Å². The van der Waals surface area contributed by atoms with E-state index in [1.165, 1.54) is 51.4 Å². The van der Waals surface area contributed by atoms with Gasteiger partial charge in [-0.25, -0.2) is 0 Å². The van der Waals surface area contributed by atoms with Crippen molar-refractivity contribution in [3.05, 3.63) is 18.6 Å². The number of allylic oxidation sites excluding steroid dienone is 2. The molecular formula is C23H39. The Hall–Kier alpha value is -0.260. The fourth-order valence-electron chi connectivity index (χ4n) is 5.96. The molecule has 0 aromatic rings. The Morgan fingerprint density at radius 3 is 1.70 bits per heavy atom. The fraction of sp³-hybridized carbons (Fsp3) is 0.870. The molecule has 23 heavy (non-hydrogen) atoms. The van der Waals surface area contributed by atoms with E-state index in [2.05, 4.69) is 25.5 Å². The van der Waals surface area contributed by atoms with Crippen LogP contribution in [0.2, 0.25) is 0 Å². The highest BCUT2D eigenvalue weighted by molar-refractivity contribution is 4.87. The molecule has 0 spiro atoms. The minimum atomic E-state index is 1.04. The molecule has 0 heteroatoms. The van der Waals surface area contributed by atoms with E-state index in [1.807, 2.05) is 0 Å². The van der Waals surface area contributed by atoms with Gasteiger partial charge in [0.2, 0.25) is 0 Å². The van der Waals surface area contributed by atoms with Crippen molar-refractivity contribution >= 4 is 0 Å². The molecule has 3 rings (SSSR count). The topological polar surface area (TPSA) is 0 Å². The first-order chi connectivity index (χ1) is 11.4. The first-order valence-electron chi connectivity index (χ1n) is 10.8. The third-order valence-electron chi connectivity index (χ3n) is 7.50. The molecule has 0 amide bonds. The van der Waals surface area contributed by atoms with Gasteiger partial charge in [-0.05, 0) is 120 Å². The van der Waals surface area contributed by atoms with Gasteiger partial charge in [0.15, 0.2) is 0 Å². The molecule has 1 radical (unpaired) electrons. The van der Waals surface area contributed by atoms with E-state index in [4.69, 9.17) is 0 Å². The van der Waals surface area contributed by atoms with Crippen LogP contribution in [0, 0.1) is 36.0 Å². The first kappa shape index (κ1) is 17.6. The maximum Gasteiger partial charge on any atom is -0.0348 e. The lowest BCUT2D eigenvalue weighted by atomic mass is 9.65. The molecule has 3 fully saturated rings. The average Bonchev–Trinajstić information content (AvgIpc) is 2.63. The van der Waals surface area contributed by atoms with Gasteiger partial charge in [0.05, 0.1) is 0 Å². The maximum absolute atomic E-state index is 2.52. The van der Waals surface area contributed by atoms with Crippen LogP contribution in [0.1, 0.15) is 96.8 Å². The van der Waals surface area contributed by atoms with Gasteiger partial charge in [-0.1, -0.05) is 25.0 Å².